The van der Waals surface area contributed by atoms with Gasteiger partial charge in [0.15, 0.2) is 0 Å². The van der Waals surface area contributed by atoms with E-state index in [1.165, 1.54) is 0 Å². The van der Waals surface area contributed by atoms with Crippen LogP contribution in [-0.4, -0.2) is 64.7 Å². The molecule has 3 heterocycles. The third-order valence-electron chi connectivity index (χ3n) is 6.24. The van der Waals surface area contributed by atoms with Crippen LogP contribution in [0.5, 0.6) is 0 Å². The molecule has 34 heavy (non-hydrogen) atoms. The predicted molar refractivity (Wildman–Crippen MR) is 121 cm³/mol. The molecule has 3 amide bonds. The van der Waals surface area contributed by atoms with Gasteiger partial charge in [-0.25, -0.2) is 4.79 Å². The molecule has 0 radical (unpaired) electrons. The van der Waals surface area contributed by atoms with Crippen LogP contribution in [0.25, 0.3) is 11.1 Å². The quantitative estimate of drug-likeness (QED) is 0.591. The van der Waals surface area contributed by atoms with Crippen molar-refractivity contribution in [3.8, 4) is 17.2 Å². The van der Waals surface area contributed by atoms with Gasteiger partial charge in [-0.3, -0.25) is 14.6 Å². The van der Waals surface area contributed by atoms with Crippen molar-refractivity contribution in [3.63, 3.8) is 0 Å². The first-order chi connectivity index (χ1) is 16.3. The van der Waals surface area contributed by atoms with E-state index in [4.69, 9.17) is 4.74 Å². The highest BCUT2D eigenvalue weighted by Crippen LogP contribution is 2.26. The lowest BCUT2D eigenvalue weighted by Gasteiger charge is -2.36. The lowest BCUT2D eigenvalue weighted by molar-refractivity contribution is -0.131. The zero-order valence-electron chi connectivity index (χ0n) is 18.7. The van der Waals surface area contributed by atoms with Gasteiger partial charge in [0.05, 0.1) is 6.07 Å². The third kappa shape index (κ3) is 4.70. The summed E-state index contributed by atoms with van der Waals surface area (Å²) in [4.78, 5) is 42.1. The van der Waals surface area contributed by atoms with Gasteiger partial charge in [0, 0.05) is 63.4 Å². The van der Waals surface area contributed by atoms with Crippen LogP contribution < -0.4 is 10.6 Å². The number of nitrogens with one attached hydrogen (secondary N) is 2. The van der Waals surface area contributed by atoms with Crippen LogP contribution >= 0.6 is 0 Å². The number of nitrogens with zero attached hydrogens (tertiary/aromatic N) is 3. The monoisotopic (exact) mass is 463 g/mol. The Balaban J connectivity index is 1.44. The van der Waals surface area contributed by atoms with Crippen molar-refractivity contribution in [2.24, 2.45) is 0 Å². The molecular weight excluding hydrogens is 438 g/mol. The van der Waals surface area contributed by atoms with Crippen LogP contribution in [0.3, 0.4) is 0 Å². The molecule has 0 aliphatic carbocycles. The van der Waals surface area contributed by atoms with Crippen LogP contribution in [0.4, 0.5) is 4.79 Å². The molecule has 2 aliphatic heterocycles. The van der Waals surface area contributed by atoms with E-state index in [0.29, 0.717) is 12.2 Å². The summed E-state index contributed by atoms with van der Waals surface area (Å²) in [5, 5.41) is 23.8. The largest absolute Gasteiger partial charge is 0.465 e. The summed E-state index contributed by atoms with van der Waals surface area (Å²) in [5.41, 5.74) is 2.71. The Morgan fingerprint density at radius 3 is 2.62 bits per heavy atom. The summed E-state index contributed by atoms with van der Waals surface area (Å²) in [5.74, 6) is -0.604. The Morgan fingerprint density at radius 2 is 1.97 bits per heavy atom. The number of carboxylic acid groups (broad SMARTS) is 1. The van der Waals surface area contributed by atoms with Crippen molar-refractivity contribution >= 4 is 17.9 Å². The molecule has 2 aliphatic rings. The average Bonchev–Trinajstić information content (AvgIpc) is 3.11. The van der Waals surface area contributed by atoms with Crippen molar-refractivity contribution in [3.05, 3.63) is 53.3 Å². The van der Waals surface area contributed by atoms with Gasteiger partial charge in [0.2, 0.25) is 5.91 Å². The predicted octanol–water partition coefficient (Wildman–Crippen LogP) is 1.70. The normalized spacial score (nSPS) is 17.4. The molecule has 3 N–H and O–H groups in total. The van der Waals surface area contributed by atoms with E-state index in [1.807, 2.05) is 30.3 Å². The molecule has 1 unspecified atom stereocenters. The van der Waals surface area contributed by atoms with Crippen molar-refractivity contribution in [2.75, 3.05) is 20.3 Å². The van der Waals surface area contributed by atoms with Crippen molar-refractivity contribution in [2.45, 2.75) is 37.4 Å². The molecule has 2 aromatic rings. The molecular formula is C24H25N5O5. The first kappa shape index (κ1) is 23.2. The van der Waals surface area contributed by atoms with Gasteiger partial charge in [-0.2, -0.15) is 5.26 Å². The summed E-state index contributed by atoms with van der Waals surface area (Å²) in [7, 11) is 1.74. The molecule has 0 saturated carbocycles. The van der Waals surface area contributed by atoms with Gasteiger partial charge < -0.3 is 25.4 Å². The smallest absolute Gasteiger partial charge is 0.405 e. The second-order valence-electron chi connectivity index (χ2n) is 8.57. The standard InChI is InChI=1S/C24H25N5O5/c1-29-14-18-11-17(13-26-20(18)21(29)30)16-4-2-15(3-5-16)10-19(12-25)27-22(31)24(28-23(32)33)6-8-34-9-7-24/h2-5,11,13,19,28H,6-10,14H2,1H3,(H,27,31)(H,32,33). The van der Waals surface area contributed by atoms with Gasteiger partial charge >= 0.3 is 6.09 Å². The lowest BCUT2D eigenvalue weighted by atomic mass is 9.88. The minimum absolute atomic E-state index is 0.0809. The minimum Gasteiger partial charge on any atom is -0.465 e. The molecule has 10 heteroatoms. The van der Waals surface area contributed by atoms with Crippen LogP contribution in [0.15, 0.2) is 36.5 Å². The number of rotatable bonds is 6. The van der Waals surface area contributed by atoms with E-state index in [1.54, 1.807) is 18.1 Å². The van der Waals surface area contributed by atoms with Crippen LogP contribution in [-0.2, 0) is 22.5 Å². The Kier molecular flexibility index (Phi) is 6.47. The summed E-state index contributed by atoms with van der Waals surface area (Å²) in [6, 6.07) is 10.8. The minimum atomic E-state index is -1.31. The Morgan fingerprint density at radius 1 is 1.26 bits per heavy atom. The van der Waals surface area contributed by atoms with E-state index in [9.17, 15) is 24.8 Å². The number of carbonyl (C=O) groups excluding carboxylic acids is 2. The first-order valence-corrected chi connectivity index (χ1v) is 10.9. The maximum Gasteiger partial charge on any atom is 0.405 e. The fraction of sp³-hybridized carbons (Fsp3) is 0.375. The summed E-state index contributed by atoms with van der Waals surface area (Å²) < 4.78 is 5.26. The van der Waals surface area contributed by atoms with E-state index in [2.05, 4.69) is 21.7 Å². The second-order valence-corrected chi connectivity index (χ2v) is 8.57. The van der Waals surface area contributed by atoms with Crippen LogP contribution in [0.2, 0.25) is 0 Å². The van der Waals surface area contributed by atoms with Gasteiger partial charge in [-0.15, -0.1) is 0 Å². The number of pyridine rings is 1. The van der Waals surface area contributed by atoms with Crippen LogP contribution in [0.1, 0.15) is 34.5 Å². The Bertz CT molecular complexity index is 1150. The average molecular weight is 463 g/mol. The number of benzene rings is 1. The lowest BCUT2D eigenvalue weighted by Crippen LogP contribution is -2.62. The maximum atomic E-state index is 12.9. The van der Waals surface area contributed by atoms with Gasteiger partial charge in [-0.05, 0) is 17.2 Å². The highest BCUT2D eigenvalue weighted by atomic mass is 16.5. The second kappa shape index (κ2) is 9.49. The summed E-state index contributed by atoms with van der Waals surface area (Å²) >= 11 is 0. The van der Waals surface area contributed by atoms with E-state index in [0.717, 1.165) is 22.3 Å². The highest BCUT2D eigenvalue weighted by Gasteiger charge is 2.42. The molecule has 4 rings (SSSR count). The van der Waals surface area contributed by atoms with Crippen molar-refractivity contribution < 1.29 is 24.2 Å². The Hall–Kier alpha value is -3.97. The first-order valence-electron chi connectivity index (χ1n) is 10.9. The van der Waals surface area contributed by atoms with Gasteiger partial charge in [0.1, 0.15) is 17.3 Å². The number of ether oxygens (including phenoxy) is 1. The molecule has 1 saturated heterocycles. The number of aromatic nitrogens is 1. The molecule has 0 bridgehead atoms. The molecule has 1 aromatic heterocycles. The van der Waals surface area contributed by atoms with Crippen molar-refractivity contribution in [1.29, 1.82) is 5.26 Å². The SMILES string of the molecule is CN1Cc2cc(-c3ccc(CC(C#N)NC(=O)C4(NC(=O)O)CCOCC4)cc3)cnc2C1=O. The van der Waals surface area contributed by atoms with Gasteiger partial charge in [-0.1, -0.05) is 24.3 Å². The van der Waals surface area contributed by atoms with E-state index in [-0.39, 0.29) is 38.4 Å². The number of nitriles is 1. The third-order valence-corrected chi connectivity index (χ3v) is 6.24. The fourth-order valence-corrected chi connectivity index (χ4v) is 4.32. The Labute approximate surface area is 196 Å². The topological polar surface area (TPSA) is 145 Å². The van der Waals surface area contributed by atoms with Gasteiger partial charge in [0.25, 0.3) is 5.91 Å². The number of amides is 3. The number of hydrogen-bond donors (Lipinski definition) is 3. The number of carbonyl (C=O) groups is 3. The maximum absolute atomic E-state index is 12.9. The molecule has 10 nitrogen and oxygen atoms in total. The summed E-state index contributed by atoms with van der Waals surface area (Å²) in [6.07, 6.45) is 1.05. The fourth-order valence-electron chi connectivity index (χ4n) is 4.32. The zero-order valence-corrected chi connectivity index (χ0v) is 18.7. The summed E-state index contributed by atoms with van der Waals surface area (Å²) in [6.45, 7) is 1.05. The molecule has 176 valence electrons. The number of hydrogen-bond acceptors (Lipinski definition) is 6. The van der Waals surface area contributed by atoms with Crippen molar-refractivity contribution in [1.82, 2.24) is 20.5 Å². The molecule has 0 spiro atoms. The van der Waals surface area contributed by atoms with E-state index >= 15 is 0 Å². The van der Waals surface area contributed by atoms with E-state index < -0.39 is 23.6 Å². The number of fused-ring (bicyclic) bond motifs is 1. The molecule has 1 atom stereocenters. The highest BCUT2D eigenvalue weighted by molar-refractivity contribution is 5.96. The molecule has 1 aromatic carbocycles. The molecule has 1 fully saturated rings. The van der Waals surface area contributed by atoms with Crippen LogP contribution in [0, 0.1) is 11.3 Å². The zero-order chi connectivity index (χ0) is 24.3.